The molecular formula is C16H16Br3NO. The highest BCUT2D eigenvalue weighted by Gasteiger charge is 2.09. The predicted octanol–water partition coefficient (Wildman–Crippen LogP) is 5.83. The van der Waals surface area contributed by atoms with E-state index in [0.717, 1.165) is 25.7 Å². The minimum absolute atomic E-state index is 0.280. The molecule has 0 saturated heterocycles. The Bertz CT molecular complexity index is 608. The second-order valence-electron chi connectivity index (χ2n) is 4.75. The molecule has 0 spiro atoms. The molecule has 0 fully saturated rings. The largest absolute Gasteiger partial charge is 0.494 e. The van der Waals surface area contributed by atoms with Crippen LogP contribution in [-0.4, -0.2) is 7.11 Å². The Morgan fingerprint density at radius 1 is 1.10 bits per heavy atom. The molecule has 2 rings (SSSR count). The number of nitrogens with one attached hydrogen (secondary N) is 1. The lowest BCUT2D eigenvalue weighted by Crippen LogP contribution is -2.18. The molecule has 0 radical (unpaired) electrons. The van der Waals surface area contributed by atoms with Crippen LogP contribution in [0.5, 0.6) is 5.75 Å². The molecule has 112 valence electrons. The fourth-order valence-electron chi connectivity index (χ4n) is 2.07. The summed E-state index contributed by atoms with van der Waals surface area (Å²) in [5.74, 6) is 0.818. The first-order valence-corrected chi connectivity index (χ1v) is 8.90. The van der Waals surface area contributed by atoms with Crippen molar-refractivity contribution in [1.82, 2.24) is 5.32 Å². The zero-order valence-corrected chi connectivity index (χ0v) is 16.5. The summed E-state index contributed by atoms with van der Waals surface area (Å²) >= 11 is 10.6. The SMILES string of the molecule is COc1c(Br)cc(CN[C@H](C)c2cccc(Br)c2)cc1Br. The highest BCUT2D eigenvalue weighted by Crippen LogP contribution is 2.34. The molecule has 0 heterocycles. The number of methoxy groups -OCH3 is 1. The Kier molecular flexibility index (Phi) is 6.29. The zero-order chi connectivity index (χ0) is 15.4. The minimum atomic E-state index is 0.280. The van der Waals surface area contributed by atoms with Gasteiger partial charge >= 0.3 is 0 Å². The van der Waals surface area contributed by atoms with Gasteiger partial charge in [0.2, 0.25) is 0 Å². The van der Waals surface area contributed by atoms with Crippen LogP contribution in [0.3, 0.4) is 0 Å². The average Bonchev–Trinajstić information content (AvgIpc) is 2.44. The van der Waals surface area contributed by atoms with Crippen LogP contribution in [0.15, 0.2) is 49.8 Å². The van der Waals surface area contributed by atoms with Crippen LogP contribution in [0.1, 0.15) is 24.1 Å². The van der Waals surface area contributed by atoms with Gasteiger partial charge in [-0.3, -0.25) is 0 Å². The van der Waals surface area contributed by atoms with Crippen LogP contribution in [0.25, 0.3) is 0 Å². The summed E-state index contributed by atoms with van der Waals surface area (Å²) in [6.07, 6.45) is 0. The number of rotatable bonds is 5. The lowest BCUT2D eigenvalue weighted by Gasteiger charge is -2.16. The van der Waals surface area contributed by atoms with Crippen LogP contribution in [0.4, 0.5) is 0 Å². The van der Waals surface area contributed by atoms with Crippen LogP contribution in [-0.2, 0) is 6.54 Å². The van der Waals surface area contributed by atoms with Crippen molar-refractivity contribution in [2.24, 2.45) is 0 Å². The van der Waals surface area contributed by atoms with Crippen molar-refractivity contribution in [3.8, 4) is 5.75 Å². The van der Waals surface area contributed by atoms with E-state index in [1.54, 1.807) is 7.11 Å². The van der Waals surface area contributed by atoms with Crippen molar-refractivity contribution in [1.29, 1.82) is 0 Å². The summed E-state index contributed by atoms with van der Waals surface area (Å²) < 4.78 is 8.32. The van der Waals surface area contributed by atoms with Crippen molar-refractivity contribution in [2.75, 3.05) is 7.11 Å². The number of hydrogen-bond acceptors (Lipinski definition) is 2. The Hall–Kier alpha value is -0.360. The monoisotopic (exact) mass is 475 g/mol. The molecule has 0 aromatic heterocycles. The molecule has 2 aromatic rings. The Balaban J connectivity index is 2.06. The molecule has 2 nitrogen and oxygen atoms in total. The third kappa shape index (κ3) is 4.55. The van der Waals surface area contributed by atoms with E-state index in [-0.39, 0.29) is 6.04 Å². The number of hydrogen-bond donors (Lipinski definition) is 1. The van der Waals surface area contributed by atoms with Gasteiger partial charge in [-0.25, -0.2) is 0 Å². The average molecular weight is 478 g/mol. The Labute approximate surface area is 150 Å². The standard InChI is InChI=1S/C16H16Br3NO/c1-10(12-4-3-5-13(17)8-12)20-9-11-6-14(18)16(21-2)15(19)7-11/h3-8,10,20H,9H2,1-2H3/t10-/m1/s1. The van der Waals surface area contributed by atoms with Gasteiger partial charge in [0.1, 0.15) is 5.75 Å². The molecule has 5 heteroatoms. The summed E-state index contributed by atoms with van der Waals surface area (Å²) in [7, 11) is 1.66. The minimum Gasteiger partial charge on any atom is -0.494 e. The Morgan fingerprint density at radius 3 is 2.33 bits per heavy atom. The fraction of sp³-hybridized carbons (Fsp3) is 0.250. The molecule has 0 aliphatic rings. The van der Waals surface area contributed by atoms with E-state index < -0.39 is 0 Å². The van der Waals surface area contributed by atoms with Crippen molar-refractivity contribution in [3.05, 3.63) is 60.9 Å². The first-order chi connectivity index (χ1) is 10.0. The van der Waals surface area contributed by atoms with Crippen molar-refractivity contribution < 1.29 is 4.74 Å². The van der Waals surface area contributed by atoms with Gasteiger partial charge in [0.05, 0.1) is 16.1 Å². The maximum Gasteiger partial charge on any atom is 0.147 e. The normalized spacial score (nSPS) is 12.2. The van der Waals surface area contributed by atoms with Crippen LogP contribution < -0.4 is 10.1 Å². The number of benzene rings is 2. The van der Waals surface area contributed by atoms with E-state index in [9.17, 15) is 0 Å². The summed E-state index contributed by atoms with van der Waals surface area (Å²) in [5.41, 5.74) is 2.45. The summed E-state index contributed by atoms with van der Waals surface area (Å²) in [4.78, 5) is 0. The van der Waals surface area contributed by atoms with Gasteiger partial charge in [-0.05, 0) is 74.2 Å². The summed E-state index contributed by atoms with van der Waals surface area (Å²) in [5, 5.41) is 3.53. The third-order valence-corrected chi connectivity index (χ3v) is 4.89. The summed E-state index contributed by atoms with van der Waals surface area (Å²) in [6, 6.07) is 12.8. The molecule has 0 aliphatic heterocycles. The lowest BCUT2D eigenvalue weighted by molar-refractivity contribution is 0.409. The maximum atomic E-state index is 5.32. The zero-order valence-electron chi connectivity index (χ0n) is 11.8. The quantitative estimate of drug-likeness (QED) is 0.584. The lowest BCUT2D eigenvalue weighted by atomic mass is 10.1. The van der Waals surface area contributed by atoms with Gasteiger partial charge < -0.3 is 10.1 Å². The van der Waals surface area contributed by atoms with Gasteiger partial charge in [0.25, 0.3) is 0 Å². The number of halogens is 3. The molecule has 0 amide bonds. The van der Waals surface area contributed by atoms with Gasteiger partial charge in [-0.2, -0.15) is 0 Å². The predicted molar refractivity (Wildman–Crippen MR) is 97.8 cm³/mol. The fourth-order valence-corrected chi connectivity index (χ4v) is 4.10. The van der Waals surface area contributed by atoms with E-state index in [1.807, 2.05) is 6.07 Å². The molecule has 1 atom stereocenters. The van der Waals surface area contributed by atoms with E-state index >= 15 is 0 Å². The first-order valence-electron chi connectivity index (χ1n) is 6.52. The second kappa shape index (κ2) is 7.77. The van der Waals surface area contributed by atoms with Crippen molar-refractivity contribution in [2.45, 2.75) is 19.5 Å². The van der Waals surface area contributed by atoms with E-state index in [2.05, 4.69) is 90.4 Å². The van der Waals surface area contributed by atoms with Crippen molar-refractivity contribution >= 4 is 47.8 Å². The highest BCUT2D eigenvalue weighted by molar-refractivity contribution is 9.11. The molecule has 21 heavy (non-hydrogen) atoms. The van der Waals surface area contributed by atoms with E-state index in [4.69, 9.17) is 4.74 Å². The first kappa shape index (κ1) is 17.0. The van der Waals surface area contributed by atoms with E-state index in [0.29, 0.717) is 0 Å². The molecular weight excluding hydrogens is 462 g/mol. The molecule has 1 N–H and O–H groups in total. The van der Waals surface area contributed by atoms with E-state index in [1.165, 1.54) is 11.1 Å². The molecule has 0 unspecified atom stereocenters. The van der Waals surface area contributed by atoms with Crippen LogP contribution in [0, 0.1) is 0 Å². The van der Waals surface area contributed by atoms with Gasteiger partial charge in [0, 0.05) is 17.1 Å². The number of ether oxygens (including phenoxy) is 1. The molecule has 0 saturated carbocycles. The maximum absolute atomic E-state index is 5.32. The van der Waals surface area contributed by atoms with Gasteiger partial charge in [0.15, 0.2) is 0 Å². The smallest absolute Gasteiger partial charge is 0.147 e. The third-order valence-electron chi connectivity index (χ3n) is 3.22. The molecule has 0 aliphatic carbocycles. The van der Waals surface area contributed by atoms with Gasteiger partial charge in [-0.1, -0.05) is 28.1 Å². The van der Waals surface area contributed by atoms with Crippen LogP contribution >= 0.6 is 47.8 Å². The molecule has 0 bridgehead atoms. The Morgan fingerprint density at radius 2 is 1.76 bits per heavy atom. The summed E-state index contributed by atoms with van der Waals surface area (Å²) in [6.45, 7) is 2.95. The highest BCUT2D eigenvalue weighted by atomic mass is 79.9. The second-order valence-corrected chi connectivity index (χ2v) is 7.37. The van der Waals surface area contributed by atoms with Gasteiger partial charge in [-0.15, -0.1) is 0 Å². The van der Waals surface area contributed by atoms with Crippen LogP contribution in [0.2, 0.25) is 0 Å². The topological polar surface area (TPSA) is 21.3 Å². The van der Waals surface area contributed by atoms with Crippen molar-refractivity contribution in [3.63, 3.8) is 0 Å². The molecule has 2 aromatic carbocycles.